The second-order valence-electron chi connectivity index (χ2n) is 8.66. The van der Waals surface area contributed by atoms with E-state index < -0.39 is 48.0 Å². The minimum atomic E-state index is -1.05. The molecule has 1 rings (SSSR count). The summed E-state index contributed by atoms with van der Waals surface area (Å²) in [5, 5.41) is 34.7. The van der Waals surface area contributed by atoms with E-state index in [1.54, 1.807) is 24.3 Å². The number of carbonyl (C=O) groups is 4. The highest BCUT2D eigenvalue weighted by atomic mass is 16.5. The average Bonchev–Trinajstić information content (AvgIpc) is 2.88. The van der Waals surface area contributed by atoms with Gasteiger partial charge in [-0.1, -0.05) is 18.6 Å². The van der Waals surface area contributed by atoms with E-state index >= 15 is 0 Å². The third-order valence-corrected chi connectivity index (χ3v) is 4.90. The summed E-state index contributed by atoms with van der Waals surface area (Å²) in [5.74, 6) is -3.26. The Morgan fingerprint density at radius 1 is 0.850 bits per heavy atom. The number of hydrogen-bond donors (Lipinski definition) is 11. The summed E-state index contributed by atoms with van der Waals surface area (Å²) in [5.41, 5.74) is 32.2. The van der Waals surface area contributed by atoms with Crippen molar-refractivity contribution in [1.29, 1.82) is 5.41 Å². The minimum absolute atomic E-state index is 0.112. The van der Waals surface area contributed by atoms with Crippen LogP contribution in [0.3, 0.4) is 0 Å². The van der Waals surface area contributed by atoms with E-state index in [1.165, 1.54) is 6.92 Å². The van der Waals surface area contributed by atoms with Crippen LogP contribution in [0.5, 0.6) is 5.75 Å². The molecule has 228 valence electrons. The zero-order valence-corrected chi connectivity index (χ0v) is 22.6. The van der Waals surface area contributed by atoms with Gasteiger partial charge in [0.1, 0.15) is 29.9 Å². The molecule has 0 saturated heterocycles. The summed E-state index contributed by atoms with van der Waals surface area (Å²) in [6, 6.07) is 3.30. The molecule has 0 aliphatic heterocycles. The zero-order chi connectivity index (χ0) is 31.3. The van der Waals surface area contributed by atoms with Crippen LogP contribution in [0.2, 0.25) is 0 Å². The molecule has 0 aliphatic carbocycles. The van der Waals surface area contributed by atoms with Crippen LogP contribution < -0.4 is 44.5 Å². The lowest BCUT2D eigenvalue weighted by Crippen LogP contribution is -2.34. The maximum absolute atomic E-state index is 11.2. The van der Waals surface area contributed by atoms with Crippen molar-refractivity contribution in [3.63, 3.8) is 0 Å². The van der Waals surface area contributed by atoms with E-state index in [0.717, 1.165) is 18.4 Å². The first-order valence-electron chi connectivity index (χ1n) is 12.4. The molecule has 0 amide bonds. The third-order valence-electron chi connectivity index (χ3n) is 4.90. The lowest BCUT2D eigenvalue weighted by Gasteiger charge is -2.09. The van der Waals surface area contributed by atoms with Crippen molar-refractivity contribution in [3.8, 4) is 5.75 Å². The van der Waals surface area contributed by atoms with Crippen molar-refractivity contribution in [1.82, 2.24) is 5.32 Å². The highest BCUT2D eigenvalue weighted by Gasteiger charge is 2.13. The number of carbonyl (C=O) groups excluding carboxylic acids is 1. The fraction of sp³-hybridized carbons (Fsp3) is 0.542. The van der Waals surface area contributed by atoms with Gasteiger partial charge < -0.3 is 59.8 Å². The Morgan fingerprint density at radius 2 is 1.32 bits per heavy atom. The molecular weight excluding hydrogens is 528 g/mol. The number of hydrogen-bond acceptors (Lipinski definition) is 11. The van der Waals surface area contributed by atoms with Crippen LogP contribution in [0.1, 0.15) is 44.6 Å². The van der Waals surface area contributed by atoms with Crippen LogP contribution in [0.25, 0.3) is 0 Å². The smallest absolute Gasteiger partial charge is 0.328 e. The Balaban J connectivity index is 0. The van der Waals surface area contributed by atoms with E-state index in [4.69, 9.17) is 59.9 Å². The Hall–Kier alpha value is -3.83. The largest absolute Gasteiger partial charge is 0.480 e. The average molecular weight is 573 g/mol. The molecule has 0 aromatic heterocycles. The van der Waals surface area contributed by atoms with Gasteiger partial charge in [-0.3, -0.25) is 19.8 Å². The first kappa shape index (κ1) is 38.3. The van der Waals surface area contributed by atoms with Crippen molar-refractivity contribution in [2.75, 3.05) is 13.1 Å². The molecule has 1 aromatic carbocycles. The quantitative estimate of drug-likeness (QED) is 0.0358. The molecule has 17 N–H and O–H groups in total. The Bertz CT molecular complexity index is 915. The monoisotopic (exact) mass is 572 g/mol. The molecule has 0 fully saturated rings. The number of carboxylic acids is 3. The number of carboxylic acid groups (broad SMARTS) is 3. The molecular formula is C24H44N8O8. The highest BCUT2D eigenvalue weighted by molar-refractivity contribution is 5.77. The van der Waals surface area contributed by atoms with Crippen LogP contribution in [-0.2, 0) is 25.6 Å². The number of rotatable bonds is 15. The van der Waals surface area contributed by atoms with Crippen molar-refractivity contribution >= 4 is 29.8 Å². The molecule has 40 heavy (non-hydrogen) atoms. The summed E-state index contributed by atoms with van der Waals surface area (Å²) >= 11 is 0. The van der Waals surface area contributed by atoms with E-state index in [2.05, 4.69) is 5.32 Å². The SMILES string of the molecule is C[C@H](N)C(=O)Oc1ccc(C[C@H](N)C(=O)O)cc1.N=C(N)NCCC[C@H](N)C(=O)O.NCCCC[C@H](N)C(=O)O. The van der Waals surface area contributed by atoms with E-state index in [9.17, 15) is 19.2 Å². The molecule has 16 heteroatoms. The summed E-state index contributed by atoms with van der Waals surface area (Å²) in [7, 11) is 0. The maximum atomic E-state index is 11.2. The maximum Gasteiger partial charge on any atom is 0.328 e. The van der Waals surface area contributed by atoms with E-state index in [1.807, 2.05) is 0 Å². The number of benzene rings is 1. The van der Waals surface area contributed by atoms with Crippen molar-refractivity contribution in [3.05, 3.63) is 29.8 Å². The second kappa shape index (κ2) is 22.0. The van der Waals surface area contributed by atoms with Gasteiger partial charge >= 0.3 is 23.9 Å². The predicted octanol–water partition coefficient (Wildman–Crippen LogP) is -1.92. The topological polar surface area (TPSA) is 330 Å². The van der Waals surface area contributed by atoms with Crippen LogP contribution in [-0.4, -0.2) is 82.4 Å². The van der Waals surface area contributed by atoms with Gasteiger partial charge in [-0.25, -0.2) is 4.79 Å². The van der Waals surface area contributed by atoms with Crippen molar-refractivity contribution < 1.29 is 39.2 Å². The van der Waals surface area contributed by atoms with Gasteiger partial charge in [-0.05, 0) is 63.3 Å². The van der Waals surface area contributed by atoms with Gasteiger partial charge in [0.2, 0.25) is 0 Å². The molecule has 0 spiro atoms. The summed E-state index contributed by atoms with van der Waals surface area (Å²) in [4.78, 5) is 42.2. The molecule has 0 bridgehead atoms. The lowest BCUT2D eigenvalue weighted by atomic mass is 10.1. The number of esters is 1. The molecule has 0 radical (unpaired) electrons. The van der Waals surface area contributed by atoms with Gasteiger partial charge in [0.15, 0.2) is 5.96 Å². The van der Waals surface area contributed by atoms with Gasteiger partial charge in [-0.2, -0.15) is 0 Å². The number of guanidine groups is 1. The number of nitrogens with two attached hydrogens (primary N) is 6. The standard InChI is InChI=1S/C12H16N2O4.C6H14N4O2.C6H14N2O2/c1-7(13)12(17)18-9-4-2-8(3-5-9)6-10(14)11(15)16;7-4(5(11)12)2-1-3-10-6(8)9;7-4-2-1-3-5(8)6(9)10/h2-5,7,10H,6,13-14H2,1H3,(H,15,16);4H,1-3,7H2,(H,11,12)(H4,8,9,10);5H,1-4,7-8H2,(H,9,10)/t7-,10-;4-;5-/m000/s1. The molecule has 0 unspecified atom stereocenters. The molecule has 0 heterocycles. The van der Waals surface area contributed by atoms with E-state index in [-0.39, 0.29) is 12.4 Å². The molecule has 0 saturated carbocycles. The van der Waals surface area contributed by atoms with Crippen LogP contribution in [0.15, 0.2) is 24.3 Å². The fourth-order valence-electron chi connectivity index (χ4n) is 2.54. The summed E-state index contributed by atoms with van der Waals surface area (Å²) in [6.07, 6.45) is 3.36. The number of aliphatic carboxylic acids is 3. The van der Waals surface area contributed by atoms with E-state index in [0.29, 0.717) is 38.1 Å². The van der Waals surface area contributed by atoms with Crippen molar-refractivity contribution in [2.45, 2.75) is 69.6 Å². The fourth-order valence-corrected chi connectivity index (χ4v) is 2.54. The summed E-state index contributed by atoms with van der Waals surface area (Å²) < 4.78 is 4.97. The lowest BCUT2D eigenvalue weighted by molar-refractivity contribution is -0.139. The second-order valence-corrected chi connectivity index (χ2v) is 8.66. The third kappa shape index (κ3) is 21.1. The first-order chi connectivity index (χ1) is 18.6. The Labute approximate surface area is 232 Å². The Kier molecular flexibility index (Phi) is 21.1. The van der Waals surface area contributed by atoms with Crippen molar-refractivity contribution in [2.24, 2.45) is 34.4 Å². The minimum Gasteiger partial charge on any atom is -0.480 e. The Morgan fingerprint density at radius 3 is 1.73 bits per heavy atom. The molecule has 1 aromatic rings. The van der Waals surface area contributed by atoms with Gasteiger partial charge in [-0.15, -0.1) is 0 Å². The predicted molar refractivity (Wildman–Crippen MR) is 148 cm³/mol. The number of unbranched alkanes of at least 4 members (excludes halogenated alkanes) is 1. The van der Waals surface area contributed by atoms with Crippen LogP contribution >= 0.6 is 0 Å². The van der Waals surface area contributed by atoms with Gasteiger partial charge in [0, 0.05) is 6.54 Å². The van der Waals surface area contributed by atoms with Gasteiger partial charge in [0.25, 0.3) is 0 Å². The highest BCUT2D eigenvalue weighted by Crippen LogP contribution is 2.13. The molecule has 0 aliphatic rings. The molecule has 4 atom stereocenters. The number of nitrogens with one attached hydrogen (secondary N) is 2. The first-order valence-corrected chi connectivity index (χ1v) is 12.4. The normalized spacial score (nSPS) is 13.1. The number of ether oxygens (including phenoxy) is 1. The van der Waals surface area contributed by atoms with Crippen LogP contribution in [0, 0.1) is 5.41 Å². The zero-order valence-electron chi connectivity index (χ0n) is 22.6. The van der Waals surface area contributed by atoms with Gasteiger partial charge in [0.05, 0.1) is 0 Å². The molecule has 16 nitrogen and oxygen atoms in total. The summed E-state index contributed by atoms with van der Waals surface area (Å²) in [6.45, 7) is 2.62. The van der Waals surface area contributed by atoms with Crippen LogP contribution in [0.4, 0.5) is 0 Å².